The molecule has 1 aromatic carbocycles. The molecule has 0 fully saturated rings. The molecule has 0 aliphatic heterocycles. The van der Waals surface area contributed by atoms with Crippen molar-refractivity contribution >= 4 is 23.1 Å². The van der Waals surface area contributed by atoms with Gasteiger partial charge in [0.15, 0.2) is 0 Å². The Hall–Kier alpha value is -1.82. The second-order valence-corrected chi connectivity index (χ2v) is 4.84. The molecule has 0 radical (unpaired) electrons. The van der Waals surface area contributed by atoms with Gasteiger partial charge in [0.1, 0.15) is 11.5 Å². The van der Waals surface area contributed by atoms with Gasteiger partial charge in [-0.15, -0.1) is 0 Å². The fourth-order valence-corrected chi connectivity index (χ4v) is 1.68. The van der Waals surface area contributed by atoms with Crippen LogP contribution in [-0.2, 0) is 0 Å². The van der Waals surface area contributed by atoms with Gasteiger partial charge in [0.05, 0.1) is 17.7 Å². The number of amides is 1. The summed E-state index contributed by atoms with van der Waals surface area (Å²) in [4.78, 5) is 14.0. The first-order valence-corrected chi connectivity index (χ1v) is 6.19. The van der Waals surface area contributed by atoms with Crippen LogP contribution >= 0.6 is 12.2 Å². The Morgan fingerprint density at radius 1 is 1.58 bits per heavy atom. The van der Waals surface area contributed by atoms with E-state index >= 15 is 0 Å². The average Bonchev–Trinajstić information content (AvgIpc) is 2.38. The summed E-state index contributed by atoms with van der Waals surface area (Å²) in [5.41, 5.74) is 5.71. The highest BCUT2D eigenvalue weighted by atomic mass is 32.1. The van der Waals surface area contributed by atoms with Crippen molar-refractivity contribution < 1.29 is 14.6 Å². The van der Waals surface area contributed by atoms with Gasteiger partial charge in [-0.2, -0.15) is 0 Å². The molecule has 19 heavy (non-hydrogen) atoms. The van der Waals surface area contributed by atoms with E-state index < -0.39 is 0 Å². The van der Waals surface area contributed by atoms with Crippen molar-refractivity contribution in [3.8, 4) is 11.5 Å². The Labute approximate surface area is 118 Å². The zero-order valence-electron chi connectivity index (χ0n) is 11.2. The summed E-state index contributed by atoms with van der Waals surface area (Å²) in [7, 11) is 3.13. The Kier molecular flexibility index (Phi) is 5.11. The number of carbonyl (C=O) groups excluding carboxylic acids is 1. The molecule has 0 saturated heterocycles. The second kappa shape index (κ2) is 6.38. The largest absolute Gasteiger partial charge is 0.507 e. The lowest BCUT2D eigenvalue weighted by Gasteiger charge is -2.21. The van der Waals surface area contributed by atoms with Gasteiger partial charge in [0.2, 0.25) is 0 Å². The van der Waals surface area contributed by atoms with Crippen LogP contribution in [0.25, 0.3) is 0 Å². The van der Waals surface area contributed by atoms with Crippen molar-refractivity contribution in [2.75, 3.05) is 20.7 Å². The van der Waals surface area contributed by atoms with Crippen molar-refractivity contribution in [1.29, 1.82) is 0 Å². The van der Waals surface area contributed by atoms with Crippen molar-refractivity contribution in [3.05, 3.63) is 23.8 Å². The minimum Gasteiger partial charge on any atom is -0.507 e. The molecule has 1 unspecified atom stereocenters. The fraction of sp³-hybridized carbons (Fsp3) is 0.385. The number of benzene rings is 1. The summed E-state index contributed by atoms with van der Waals surface area (Å²) < 4.78 is 5.04. The van der Waals surface area contributed by atoms with Crippen molar-refractivity contribution in [3.63, 3.8) is 0 Å². The first kappa shape index (κ1) is 15.2. The maximum absolute atomic E-state index is 12.2. The molecule has 1 aromatic rings. The third kappa shape index (κ3) is 3.82. The molecule has 0 aromatic heterocycles. The third-order valence-corrected chi connectivity index (χ3v) is 3.22. The van der Waals surface area contributed by atoms with Gasteiger partial charge in [-0.1, -0.05) is 19.1 Å². The lowest BCUT2D eigenvalue weighted by Crippen LogP contribution is -2.35. The molecule has 0 aliphatic carbocycles. The van der Waals surface area contributed by atoms with Crippen molar-refractivity contribution in [1.82, 2.24) is 4.90 Å². The summed E-state index contributed by atoms with van der Waals surface area (Å²) in [6.45, 7) is 2.24. The second-order valence-electron chi connectivity index (χ2n) is 4.37. The van der Waals surface area contributed by atoms with Crippen LogP contribution < -0.4 is 10.5 Å². The van der Waals surface area contributed by atoms with Crippen LogP contribution in [0.3, 0.4) is 0 Å². The van der Waals surface area contributed by atoms with Crippen LogP contribution in [0.1, 0.15) is 17.3 Å². The van der Waals surface area contributed by atoms with E-state index in [0.717, 1.165) is 0 Å². The molecule has 1 rings (SSSR count). The number of phenols is 1. The molecule has 0 aliphatic rings. The molecule has 1 amide bonds. The molecular weight excluding hydrogens is 264 g/mol. The maximum atomic E-state index is 12.2. The van der Waals surface area contributed by atoms with E-state index in [0.29, 0.717) is 17.3 Å². The van der Waals surface area contributed by atoms with E-state index in [9.17, 15) is 9.90 Å². The molecule has 5 nitrogen and oxygen atoms in total. The number of thiocarbonyl (C=S) groups is 1. The van der Waals surface area contributed by atoms with Crippen molar-refractivity contribution in [2.45, 2.75) is 6.92 Å². The van der Waals surface area contributed by atoms with Gasteiger partial charge in [0, 0.05) is 19.5 Å². The fourth-order valence-electron chi connectivity index (χ4n) is 1.60. The molecule has 1 atom stereocenters. The van der Waals surface area contributed by atoms with Crippen LogP contribution in [0.5, 0.6) is 11.5 Å². The van der Waals surface area contributed by atoms with Crippen LogP contribution in [0.4, 0.5) is 0 Å². The minimum absolute atomic E-state index is 0.0828. The lowest BCUT2D eigenvalue weighted by molar-refractivity contribution is 0.0783. The molecule has 3 N–H and O–H groups in total. The molecule has 6 heteroatoms. The number of phenolic OH excluding ortho intramolecular Hbond substituents is 1. The highest BCUT2D eigenvalue weighted by molar-refractivity contribution is 7.80. The molecule has 0 bridgehead atoms. The van der Waals surface area contributed by atoms with E-state index in [1.165, 1.54) is 24.1 Å². The van der Waals surface area contributed by atoms with Crippen LogP contribution in [0.2, 0.25) is 0 Å². The van der Waals surface area contributed by atoms with E-state index in [-0.39, 0.29) is 23.1 Å². The van der Waals surface area contributed by atoms with Gasteiger partial charge in [-0.25, -0.2) is 0 Å². The Morgan fingerprint density at radius 3 is 2.74 bits per heavy atom. The number of rotatable bonds is 5. The van der Waals surface area contributed by atoms with Gasteiger partial charge in [-0.05, 0) is 18.2 Å². The zero-order valence-corrected chi connectivity index (χ0v) is 12.0. The summed E-state index contributed by atoms with van der Waals surface area (Å²) in [6.07, 6.45) is 0. The number of aromatic hydroxyl groups is 1. The van der Waals surface area contributed by atoms with Crippen molar-refractivity contribution in [2.24, 2.45) is 11.7 Å². The predicted molar refractivity (Wildman–Crippen MR) is 77.6 cm³/mol. The zero-order chi connectivity index (χ0) is 14.6. The van der Waals surface area contributed by atoms with Gasteiger partial charge < -0.3 is 20.5 Å². The normalized spacial score (nSPS) is 11.7. The molecular formula is C13H18N2O3S. The number of nitrogens with zero attached hydrogens (tertiary/aromatic N) is 1. The SMILES string of the molecule is COc1ccc(O)c(C(=O)N(C)CC(C)C(N)=S)c1. The van der Waals surface area contributed by atoms with E-state index in [1.54, 1.807) is 13.1 Å². The highest BCUT2D eigenvalue weighted by Gasteiger charge is 2.19. The third-order valence-electron chi connectivity index (χ3n) is 2.81. The first-order valence-electron chi connectivity index (χ1n) is 5.78. The Bertz CT molecular complexity index is 491. The summed E-state index contributed by atoms with van der Waals surface area (Å²) in [6, 6.07) is 4.51. The standard InChI is InChI=1S/C13H18N2O3S/c1-8(12(14)19)7-15(2)13(17)10-6-9(18-3)4-5-11(10)16/h4-6,8,16H,7H2,1-3H3,(H2,14,19). The number of hydrogen-bond donors (Lipinski definition) is 2. The predicted octanol–water partition coefficient (Wildman–Crippen LogP) is 1.40. The lowest BCUT2D eigenvalue weighted by atomic mass is 10.1. The topological polar surface area (TPSA) is 75.8 Å². The Morgan fingerprint density at radius 2 is 2.21 bits per heavy atom. The molecule has 0 spiro atoms. The Balaban J connectivity index is 2.90. The van der Waals surface area contributed by atoms with E-state index in [1.807, 2.05) is 6.92 Å². The molecule has 104 valence electrons. The van der Waals surface area contributed by atoms with E-state index in [2.05, 4.69) is 0 Å². The van der Waals surface area contributed by atoms with Crippen LogP contribution in [0.15, 0.2) is 18.2 Å². The van der Waals surface area contributed by atoms with E-state index in [4.69, 9.17) is 22.7 Å². The number of methoxy groups -OCH3 is 1. The molecule has 0 saturated carbocycles. The van der Waals surface area contributed by atoms with Crippen LogP contribution in [-0.4, -0.2) is 41.6 Å². The quantitative estimate of drug-likeness (QED) is 0.798. The number of hydrogen-bond acceptors (Lipinski definition) is 4. The van der Waals surface area contributed by atoms with Crippen LogP contribution in [0, 0.1) is 5.92 Å². The molecule has 0 heterocycles. The summed E-state index contributed by atoms with van der Waals surface area (Å²) in [5, 5.41) is 9.74. The van der Waals surface area contributed by atoms with Gasteiger partial charge in [0.25, 0.3) is 5.91 Å². The monoisotopic (exact) mass is 282 g/mol. The maximum Gasteiger partial charge on any atom is 0.257 e. The number of carbonyl (C=O) groups is 1. The summed E-state index contributed by atoms with van der Waals surface area (Å²) >= 11 is 4.88. The number of nitrogens with two attached hydrogens (primary N) is 1. The highest BCUT2D eigenvalue weighted by Crippen LogP contribution is 2.24. The van der Waals surface area contributed by atoms with Gasteiger partial charge in [-0.3, -0.25) is 4.79 Å². The summed E-state index contributed by atoms with van der Waals surface area (Å²) in [5.74, 6) is 0.0359. The van der Waals surface area contributed by atoms with Gasteiger partial charge >= 0.3 is 0 Å². The smallest absolute Gasteiger partial charge is 0.257 e. The number of ether oxygens (including phenoxy) is 1. The first-order chi connectivity index (χ1) is 8.86. The minimum atomic E-state index is -0.306. The average molecular weight is 282 g/mol.